The molecule has 0 aliphatic carbocycles. The van der Waals surface area contributed by atoms with Gasteiger partial charge in [0.1, 0.15) is 36.1 Å². The van der Waals surface area contributed by atoms with Gasteiger partial charge in [-0.1, -0.05) is 19.9 Å². The maximum atomic E-state index is 12.4. The number of hydrogen-bond acceptors (Lipinski definition) is 6. The lowest BCUT2D eigenvalue weighted by atomic mass is 9.91. The summed E-state index contributed by atoms with van der Waals surface area (Å²) in [5, 5.41) is 5.70. The Morgan fingerprint density at radius 1 is 1.15 bits per heavy atom. The number of rotatable bonds is 7. The zero-order valence-electron chi connectivity index (χ0n) is 21.1. The molecule has 1 aromatic heterocycles. The monoisotopic (exact) mass is 469 g/mol. The molecule has 1 aliphatic rings. The SMILES string of the molecule is CC(=O)Nc1cc2c(cn1)OCc1cc(OCC(C)(CC(C)C)NC(=O)OC(C)(C)C)ccc1-2. The van der Waals surface area contributed by atoms with Crippen molar-refractivity contribution in [2.45, 2.75) is 72.6 Å². The summed E-state index contributed by atoms with van der Waals surface area (Å²) in [7, 11) is 0. The van der Waals surface area contributed by atoms with Gasteiger partial charge in [0.15, 0.2) is 0 Å². The fourth-order valence-corrected chi connectivity index (χ4v) is 4.05. The molecule has 8 heteroatoms. The van der Waals surface area contributed by atoms with Gasteiger partial charge in [-0.25, -0.2) is 9.78 Å². The van der Waals surface area contributed by atoms with E-state index < -0.39 is 17.2 Å². The number of nitrogens with one attached hydrogen (secondary N) is 2. The van der Waals surface area contributed by atoms with E-state index >= 15 is 0 Å². The van der Waals surface area contributed by atoms with Crippen LogP contribution in [0.1, 0.15) is 60.5 Å². The molecule has 1 aliphatic heterocycles. The summed E-state index contributed by atoms with van der Waals surface area (Å²) < 4.78 is 17.5. The molecule has 3 rings (SSSR count). The second-order valence-corrected chi connectivity index (χ2v) is 10.4. The van der Waals surface area contributed by atoms with Crippen molar-refractivity contribution in [2.75, 3.05) is 11.9 Å². The van der Waals surface area contributed by atoms with Gasteiger partial charge >= 0.3 is 6.09 Å². The third-order valence-electron chi connectivity index (χ3n) is 5.14. The molecular weight excluding hydrogens is 434 g/mol. The Kier molecular flexibility index (Phi) is 7.38. The Bertz CT molecular complexity index is 1060. The van der Waals surface area contributed by atoms with Crippen molar-refractivity contribution in [1.82, 2.24) is 10.3 Å². The highest BCUT2D eigenvalue weighted by Crippen LogP contribution is 2.39. The molecule has 184 valence electrons. The lowest BCUT2D eigenvalue weighted by Crippen LogP contribution is -2.52. The fourth-order valence-electron chi connectivity index (χ4n) is 4.05. The summed E-state index contributed by atoms with van der Waals surface area (Å²) in [5.41, 5.74) is 1.65. The van der Waals surface area contributed by atoms with E-state index in [1.165, 1.54) is 6.92 Å². The quantitative estimate of drug-likeness (QED) is 0.570. The average Bonchev–Trinajstić information content (AvgIpc) is 2.69. The van der Waals surface area contributed by atoms with Crippen LogP contribution in [0.15, 0.2) is 30.5 Å². The number of carbonyl (C=O) groups excluding carboxylic acids is 2. The summed E-state index contributed by atoms with van der Waals surface area (Å²) in [5.74, 6) is 1.99. The zero-order chi connectivity index (χ0) is 25.1. The lowest BCUT2D eigenvalue weighted by molar-refractivity contribution is -0.114. The Morgan fingerprint density at radius 2 is 1.88 bits per heavy atom. The van der Waals surface area contributed by atoms with E-state index in [1.54, 1.807) is 12.3 Å². The summed E-state index contributed by atoms with van der Waals surface area (Å²) in [6.07, 6.45) is 1.89. The molecule has 34 heavy (non-hydrogen) atoms. The van der Waals surface area contributed by atoms with Crippen LogP contribution in [0.3, 0.4) is 0 Å². The number of alkyl carbamates (subject to hydrolysis) is 1. The first kappa shape index (κ1) is 25.3. The van der Waals surface area contributed by atoms with Crippen LogP contribution in [-0.4, -0.2) is 34.7 Å². The van der Waals surface area contributed by atoms with Crippen molar-refractivity contribution in [1.29, 1.82) is 0 Å². The summed E-state index contributed by atoms with van der Waals surface area (Å²) in [6.45, 7) is 13.8. The standard InChI is InChI=1S/C26H35N3O5/c1-16(2)12-26(7,29-24(31)34-25(4,5)6)15-33-19-8-9-20-18(10-19)14-32-22-13-27-23(11-21(20)22)28-17(3)30/h8-11,13,16H,12,14-15H2,1-7H3,(H,29,31)(H,27,28,30). The number of carbonyl (C=O) groups is 2. The second-order valence-electron chi connectivity index (χ2n) is 10.4. The topological polar surface area (TPSA) is 98.8 Å². The number of hydrogen-bond donors (Lipinski definition) is 2. The molecule has 2 aromatic rings. The molecule has 0 fully saturated rings. The number of amides is 2. The number of nitrogens with zero attached hydrogens (tertiary/aromatic N) is 1. The van der Waals surface area contributed by atoms with Gasteiger partial charge in [-0.3, -0.25) is 4.79 Å². The molecule has 0 spiro atoms. The smallest absolute Gasteiger partial charge is 0.408 e. The second kappa shape index (κ2) is 9.91. The van der Waals surface area contributed by atoms with Crippen LogP contribution in [0.5, 0.6) is 11.5 Å². The predicted octanol–water partition coefficient (Wildman–Crippen LogP) is 5.31. The van der Waals surface area contributed by atoms with Crippen molar-refractivity contribution in [3.05, 3.63) is 36.0 Å². The van der Waals surface area contributed by atoms with Crippen molar-refractivity contribution >= 4 is 17.8 Å². The van der Waals surface area contributed by atoms with Crippen molar-refractivity contribution in [2.24, 2.45) is 5.92 Å². The number of benzene rings is 1. The van der Waals surface area contributed by atoms with Gasteiger partial charge < -0.3 is 24.8 Å². The molecule has 0 saturated heterocycles. The molecule has 2 amide bonds. The van der Waals surface area contributed by atoms with Gasteiger partial charge in [0.25, 0.3) is 0 Å². The summed E-state index contributed by atoms with van der Waals surface area (Å²) in [6, 6.07) is 7.63. The fraction of sp³-hybridized carbons (Fsp3) is 0.500. The van der Waals surface area contributed by atoms with E-state index in [0.717, 1.165) is 23.1 Å². The van der Waals surface area contributed by atoms with Gasteiger partial charge in [0.05, 0.1) is 11.7 Å². The number of ether oxygens (including phenoxy) is 3. The third-order valence-corrected chi connectivity index (χ3v) is 5.14. The zero-order valence-corrected chi connectivity index (χ0v) is 21.1. The maximum absolute atomic E-state index is 12.4. The maximum Gasteiger partial charge on any atom is 0.408 e. The van der Waals surface area contributed by atoms with E-state index in [1.807, 2.05) is 45.9 Å². The highest BCUT2D eigenvalue weighted by atomic mass is 16.6. The normalized spacial score (nSPS) is 14.2. The molecule has 0 saturated carbocycles. The van der Waals surface area contributed by atoms with Gasteiger partial charge in [-0.15, -0.1) is 0 Å². The van der Waals surface area contributed by atoms with E-state index in [9.17, 15) is 9.59 Å². The Balaban J connectivity index is 1.76. The van der Waals surface area contributed by atoms with Crippen LogP contribution in [-0.2, 0) is 16.1 Å². The Morgan fingerprint density at radius 3 is 2.53 bits per heavy atom. The number of fused-ring (bicyclic) bond motifs is 3. The highest BCUT2D eigenvalue weighted by Gasteiger charge is 2.31. The van der Waals surface area contributed by atoms with Crippen LogP contribution in [0.2, 0.25) is 0 Å². The number of pyridine rings is 1. The third kappa shape index (κ3) is 6.85. The molecule has 8 nitrogen and oxygen atoms in total. The van der Waals surface area contributed by atoms with Gasteiger partial charge in [-0.2, -0.15) is 0 Å². The first-order chi connectivity index (χ1) is 15.8. The molecule has 2 heterocycles. The minimum atomic E-state index is -0.603. The Hall–Kier alpha value is -3.29. The molecule has 0 radical (unpaired) electrons. The van der Waals surface area contributed by atoms with E-state index in [4.69, 9.17) is 14.2 Å². The van der Waals surface area contributed by atoms with Gasteiger partial charge in [-0.05, 0) is 63.8 Å². The molecule has 1 atom stereocenters. The van der Waals surface area contributed by atoms with Crippen LogP contribution in [0.25, 0.3) is 11.1 Å². The van der Waals surface area contributed by atoms with Crippen molar-refractivity contribution < 1.29 is 23.8 Å². The van der Waals surface area contributed by atoms with Crippen LogP contribution >= 0.6 is 0 Å². The Labute approximate surface area is 201 Å². The first-order valence-electron chi connectivity index (χ1n) is 11.5. The lowest BCUT2D eigenvalue weighted by Gasteiger charge is -2.33. The summed E-state index contributed by atoms with van der Waals surface area (Å²) >= 11 is 0. The van der Waals surface area contributed by atoms with E-state index in [0.29, 0.717) is 29.8 Å². The highest BCUT2D eigenvalue weighted by molar-refractivity contribution is 5.89. The molecular formula is C26H35N3O5. The van der Waals surface area contributed by atoms with Crippen LogP contribution in [0.4, 0.5) is 10.6 Å². The minimum Gasteiger partial charge on any atom is -0.491 e. The molecule has 1 aromatic carbocycles. The average molecular weight is 470 g/mol. The largest absolute Gasteiger partial charge is 0.491 e. The van der Waals surface area contributed by atoms with E-state index in [2.05, 4.69) is 29.5 Å². The summed E-state index contributed by atoms with van der Waals surface area (Å²) in [4.78, 5) is 28.0. The van der Waals surface area contributed by atoms with Crippen molar-refractivity contribution in [3.63, 3.8) is 0 Å². The number of anilines is 1. The molecule has 2 N–H and O–H groups in total. The molecule has 0 bridgehead atoms. The van der Waals surface area contributed by atoms with Gasteiger partial charge in [0, 0.05) is 18.1 Å². The molecule has 1 unspecified atom stereocenters. The predicted molar refractivity (Wildman–Crippen MR) is 131 cm³/mol. The van der Waals surface area contributed by atoms with E-state index in [-0.39, 0.29) is 12.5 Å². The van der Waals surface area contributed by atoms with Crippen LogP contribution in [0, 0.1) is 5.92 Å². The minimum absolute atomic E-state index is 0.183. The van der Waals surface area contributed by atoms with Crippen molar-refractivity contribution in [3.8, 4) is 22.6 Å². The number of aromatic nitrogens is 1. The van der Waals surface area contributed by atoms with Crippen LogP contribution < -0.4 is 20.1 Å². The first-order valence-corrected chi connectivity index (χ1v) is 11.5. The van der Waals surface area contributed by atoms with Gasteiger partial charge in [0.2, 0.25) is 5.91 Å².